The predicted octanol–water partition coefficient (Wildman–Crippen LogP) is 5.48. The Kier molecular flexibility index (Phi) is 5.28. The minimum atomic E-state index is -0.780. The Morgan fingerprint density at radius 3 is 1.84 bits per heavy atom. The molecular formula is C26H20IN3O. The first kappa shape index (κ1) is 19.9. The molecule has 3 heterocycles. The van der Waals surface area contributed by atoms with Crippen LogP contribution in [0.25, 0.3) is 0 Å². The van der Waals surface area contributed by atoms with Crippen molar-refractivity contribution in [3.05, 3.63) is 118 Å². The number of aromatic nitrogens is 2. The molecule has 2 aromatic heterocycles. The maximum absolute atomic E-state index is 14.3. The van der Waals surface area contributed by atoms with Crippen molar-refractivity contribution in [2.75, 3.05) is 4.90 Å². The Hall–Kier alpha value is -3.06. The van der Waals surface area contributed by atoms with Crippen LogP contribution in [-0.2, 0) is 23.1 Å². The van der Waals surface area contributed by atoms with Crippen molar-refractivity contribution >= 4 is 39.9 Å². The number of rotatable bonds is 5. The lowest BCUT2D eigenvalue weighted by Gasteiger charge is -2.29. The number of hydrogen-bond donors (Lipinski definition) is 0. The molecule has 0 unspecified atom stereocenters. The van der Waals surface area contributed by atoms with E-state index in [0.717, 1.165) is 31.9 Å². The summed E-state index contributed by atoms with van der Waals surface area (Å²) in [6, 6.07) is 27.9. The van der Waals surface area contributed by atoms with Gasteiger partial charge in [0, 0.05) is 40.2 Å². The van der Waals surface area contributed by atoms with Crippen LogP contribution in [0, 0.1) is 3.57 Å². The number of benzene rings is 2. The van der Waals surface area contributed by atoms with Crippen LogP contribution in [0.1, 0.15) is 17.0 Å². The van der Waals surface area contributed by atoms with Gasteiger partial charge in [-0.2, -0.15) is 0 Å². The number of pyridine rings is 2. The second-order valence-electron chi connectivity index (χ2n) is 7.69. The molecule has 5 rings (SSSR count). The van der Waals surface area contributed by atoms with Crippen LogP contribution in [0.2, 0.25) is 0 Å². The number of amides is 1. The van der Waals surface area contributed by atoms with E-state index in [2.05, 4.69) is 38.6 Å². The van der Waals surface area contributed by atoms with Crippen LogP contribution in [0.5, 0.6) is 0 Å². The van der Waals surface area contributed by atoms with E-state index in [4.69, 9.17) is 0 Å². The lowest BCUT2D eigenvalue weighted by molar-refractivity contribution is -0.122. The average molecular weight is 517 g/mol. The van der Waals surface area contributed by atoms with Crippen LogP contribution >= 0.6 is 22.6 Å². The molecule has 31 heavy (non-hydrogen) atoms. The molecular weight excluding hydrogens is 497 g/mol. The third-order valence-corrected chi connectivity index (χ3v) is 6.70. The van der Waals surface area contributed by atoms with Crippen molar-refractivity contribution < 1.29 is 4.79 Å². The molecule has 1 aliphatic rings. The molecule has 4 nitrogen and oxygen atoms in total. The monoisotopic (exact) mass is 517 g/mol. The molecule has 4 aromatic rings. The van der Waals surface area contributed by atoms with Gasteiger partial charge in [0.05, 0.1) is 16.8 Å². The van der Waals surface area contributed by atoms with Gasteiger partial charge in [-0.1, -0.05) is 42.5 Å². The molecule has 0 bridgehead atoms. The Morgan fingerprint density at radius 1 is 0.710 bits per heavy atom. The van der Waals surface area contributed by atoms with Crippen molar-refractivity contribution in [2.24, 2.45) is 0 Å². The first-order valence-corrected chi connectivity index (χ1v) is 11.3. The Labute approximate surface area is 195 Å². The largest absolute Gasteiger partial charge is 0.279 e. The molecule has 2 aromatic carbocycles. The Balaban J connectivity index is 1.71. The highest BCUT2D eigenvalue weighted by atomic mass is 127. The summed E-state index contributed by atoms with van der Waals surface area (Å²) in [5.74, 6) is 0.0640. The summed E-state index contributed by atoms with van der Waals surface area (Å²) in [7, 11) is 0. The number of anilines is 2. The van der Waals surface area contributed by atoms with Gasteiger partial charge in [0.1, 0.15) is 0 Å². The maximum Gasteiger partial charge on any atom is 0.243 e. The van der Waals surface area contributed by atoms with Crippen molar-refractivity contribution in [1.29, 1.82) is 0 Å². The summed E-state index contributed by atoms with van der Waals surface area (Å²) in [5.41, 5.74) is 3.87. The van der Waals surface area contributed by atoms with Crippen LogP contribution in [0.4, 0.5) is 11.4 Å². The molecule has 1 amide bonds. The number of nitrogens with zero attached hydrogens (tertiary/aromatic N) is 3. The summed E-state index contributed by atoms with van der Waals surface area (Å²) in [4.78, 5) is 25.3. The van der Waals surface area contributed by atoms with Crippen LogP contribution in [0.3, 0.4) is 0 Å². The van der Waals surface area contributed by atoms with E-state index in [1.54, 1.807) is 12.4 Å². The van der Waals surface area contributed by atoms with Gasteiger partial charge in [0.2, 0.25) is 5.91 Å². The highest BCUT2D eigenvalue weighted by molar-refractivity contribution is 14.1. The van der Waals surface area contributed by atoms with Crippen molar-refractivity contribution in [1.82, 2.24) is 9.97 Å². The van der Waals surface area contributed by atoms with Crippen molar-refractivity contribution in [3.63, 3.8) is 0 Å². The molecule has 1 aliphatic heterocycles. The van der Waals surface area contributed by atoms with Crippen molar-refractivity contribution in [3.8, 4) is 0 Å². The fourth-order valence-electron chi connectivity index (χ4n) is 4.41. The lowest BCUT2D eigenvalue weighted by Crippen LogP contribution is -2.42. The summed E-state index contributed by atoms with van der Waals surface area (Å²) < 4.78 is 1.04. The number of fused-ring (bicyclic) bond motifs is 1. The standard InChI is InChI=1S/C26H20IN3O/c27-22-12-2-4-14-24(22)30-23-13-3-1-11-21(23)26(25(30)31,17-19-9-5-7-15-28-19)18-20-10-6-8-16-29-20/h1-16H,17-18H2. The van der Waals surface area contributed by atoms with Crippen LogP contribution in [-0.4, -0.2) is 15.9 Å². The fourth-order valence-corrected chi connectivity index (χ4v) is 5.04. The minimum absolute atomic E-state index is 0.0640. The molecule has 0 aliphatic carbocycles. The van der Waals surface area contributed by atoms with Gasteiger partial charge in [0.15, 0.2) is 0 Å². The first-order chi connectivity index (χ1) is 15.2. The molecule has 0 saturated carbocycles. The number of halogens is 1. The van der Waals surface area contributed by atoms with Gasteiger partial charge in [-0.15, -0.1) is 0 Å². The Morgan fingerprint density at radius 2 is 1.26 bits per heavy atom. The minimum Gasteiger partial charge on any atom is -0.279 e. The molecule has 0 fully saturated rings. The molecule has 0 radical (unpaired) electrons. The average Bonchev–Trinajstić information content (AvgIpc) is 3.03. The third-order valence-electron chi connectivity index (χ3n) is 5.78. The fraction of sp³-hybridized carbons (Fsp3) is 0.115. The van der Waals surface area contributed by atoms with Gasteiger partial charge in [-0.05, 0) is 70.6 Å². The van der Waals surface area contributed by atoms with E-state index in [9.17, 15) is 4.79 Å². The van der Waals surface area contributed by atoms with Gasteiger partial charge in [-0.3, -0.25) is 19.7 Å². The summed E-state index contributed by atoms with van der Waals surface area (Å²) >= 11 is 2.30. The third kappa shape index (κ3) is 3.53. The van der Waals surface area contributed by atoms with E-state index >= 15 is 0 Å². The van der Waals surface area contributed by atoms with Crippen LogP contribution < -0.4 is 4.90 Å². The molecule has 152 valence electrons. The lowest BCUT2D eigenvalue weighted by atomic mass is 9.74. The zero-order valence-corrected chi connectivity index (χ0v) is 18.9. The SMILES string of the molecule is O=C1N(c2ccccc2I)c2ccccc2C1(Cc1ccccn1)Cc1ccccn1. The van der Waals surface area contributed by atoms with Crippen LogP contribution in [0.15, 0.2) is 97.3 Å². The summed E-state index contributed by atoms with van der Waals surface area (Å²) in [6.07, 6.45) is 4.60. The number of carbonyl (C=O) groups excluding carboxylic acids is 1. The second-order valence-corrected chi connectivity index (χ2v) is 8.85. The van der Waals surface area contributed by atoms with Crippen molar-refractivity contribution in [2.45, 2.75) is 18.3 Å². The highest BCUT2D eigenvalue weighted by Gasteiger charge is 2.52. The van der Waals surface area contributed by atoms with E-state index in [-0.39, 0.29) is 5.91 Å². The smallest absolute Gasteiger partial charge is 0.243 e. The predicted molar refractivity (Wildman–Crippen MR) is 130 cm³/mol. The van der Waals surface area contributed by atoms with E-state index in [1.165, 1.54) is 0 Å². The van der Waals surface area contributed by atoms with Gasteiger partial charge in [-0.25, -0.2) is 0 Å². The topological polar surface area (TPSA) is 46.1 Å². The molecule has 0 spiro atoms. The molecule has 0 N–H and O–H groups in total. The van der Waals surface area contributed by atoms with E-state index in [1.807, 2.05) is 83.8 Å². The quantitative estimate of drug-likeness (QED) is 0.330. The molecule has 0 saturated heterocycles. The van der Waals surface area contributed by atoms with E-state index < -0.39 is 5.41 Å². The van der Waals surface area contributed by atoms with E-state index in [0.29, 0.717) is 12.8 Å². The first-order valence-electron chi connectivity index (χ1n) is 10.2. The normalized spacial score (nSPS) is 14.5. The molecule has 5 heteroatoms. The maximum atomic E-state index is 14.3. The number of carbonyl (C=O) groups is 1. The Bertz CT molecular complexity index is 1190. The number of hydrogen-bond acceptors (Lipinski definition) is 3. The van der Waals surface area contributed by atoms with Gasteiger partial charge >= 0.3 is 0 Å². The zero-order chi connectivity index (χ0) is 21.3. The highest BCUT2D eigenvalue weighted by Crippen LogP contribution is 2.49. The number of para-hydroxylation sites is 2. The van der Waals surface area contributed by atoms with Gasteiger partial charge in [0.25, 0.3) is 0 Å². The molecule has 0 atom stereocenters. The zero-order valence-electron chi connectivity index (χ0n) is 16.8. The summed E-state index contributed by atoms with van der Waals surface area (Å²) in [6.45, 7) is 0. The second kappa shape index (κ2) is 8.23. The van der Waals surface area contributed by atoms with Gasteiger partial charge < -0.3 is 0 Å². The summed E-state index contributed by atoms with van der Waals surface area (Å²) in [5, 5.41) is 0.